The molecule has 0 saturated carbocycles. The van der Waals surface area contributed by atoms with Crippen LogP contribution in [-0.2, 0) is 11.2 Å². The summed E-state index contributed by atoms with van der Waals surface area (Å²) >= 11 is 0. The normalized spacial score (nSPS) is 10.5. The van der Waals surface area contributed by atoms with E-state index in [0.717, 1.165) is 24.4 Å². The van der Waals surface area contributed by atoms with Crippen LogP contribution in [0.25, 0.3) is 0 Å². The molecule has 0 aliphatic rings. The number of aryl methyl sites for hydroxylation is 1. The minimum atomic E-state index is 0.157. The van der Waals surface area contributed by atoms with E-state index in [1.807, 2.05) is 49.1 Å². The molecule has 0 aliphatic carbocycles. The van der Waals surface area contributed by atoms with E-state index in [9.17, 15) is 4.79 Å². The van der Waals surface area contributed by atoms with Crippen molar-refractivity contribution in [2.24, 2.45) is 0 Å². The topological polar surface area (TPSA) is 41.6 Å². The fourth-order valence-corrected chi connectivity index (χ4v) is 2.78. The van der Waals surface area contributed by atoms with E-state index < -0.39 is 0 Å². The lowest BCUT2D eigenvalue weighted by Gasteiger charge is -2.21. The molecule has 2 rings (SSSR count). The van der Waals surface area contributed by atoms with Gasteiger partial charge in [0, 0.05) is 25.2 Å². The third kappa shape index (κ3) is 5.91. The van der Waals surface area contributed by atoms with Gasteiger partial charge in [-0.2, -0.15) is 0 Å². The Kier molecular flexibility index (Phi) is 7.48. The number of nitrogens with zero attached hydrogens (tertiary/aromatic N) is 1. The largest absolute Gasteiger partial charge is 0.497 e. The van der Waals surface area contributed by atoms with E-state index in [0.29, 0.717) is 19.5 Å². The fourth-order valence-electron chi connectivity index (χ4n) is 2.78. The van der Waals surface area contributed by atoms with Gasteiger partial charge in [-0.3, -0.25) is 4.79 Å². The van der Waals surface area contributed by atoms with E-state index in [2.05, 4.69) is 23.5 Å². The summed E-state index contributed by atoms with van der Waals surface area (Å²) in [5, 5.41) is 3.36. The van der Waals surface area contributed by atoms with Gasteiger partial charge in [0.25, 0.3) is 0 Å². The summed E-state index contributed by atoms with van der Waals surface area (Å²) in [5.41, 5.74) is 3.40. The first kappa shape index (κ1) is 19.0. The van der Waals surface area contributed by atoms with Crippen molar-refractivity contribution in [2.45, 2.75) is 26.7 Å². The summed E-state index contributed by atoms with van der Waals surface area (Å²) in [6, 6.07) is 16.2. The molecule has 0 aromatic heterocycles. The number of hydrogen-bond donors (Lipinski definition) is 1. The Morgan fingerprint density at radius 1 is 1.12 bits per heavy atom. The Labute approximate surface area is 150 Å². The smallest absolute Gasteiger partial charge is 0.228 e. The summed E-state index contributed by atoms with van der Waals surface area (Å²) in [7, 11) is 1.67. The number of carbonyl (C=O) groups excluding carboxylic acids is 1. The molecular formula is C21H28N2O2. The summed E-state index contributed by atoms with van der Waals surface area (Å²) in [6.45, 7) is 6.29. The number of hydrogen-bond acceptors (Lipinski definition) is 3. The minimum absolute atomic E-state index is 0.157. The first-order valence-corrected chi connectivity index (χ1v) is 8.84. The van der Waals surface area contributed by atoms with Crippen molar-refractivity contribution in [1.82, 2.24) is 5.32 Å². The molecule has 0 aliphatic heterocycles. The second kappa shape index (κ2) is 9.84. The first-order valence-electron chi connectivity index (χ1n) is 8.84. The maximum Gasteiger partial charge on any atom is 0.228 e. The predicted molar refractivity (Wildman–Crippen MR) is 103 cm³/mol. The van der Waals surface area contributed by atoms with Crippen LogP contribution in [0.4, 0.5) is 5.69 Å². The quantitative estimate of drug-likeness (QED) is 0.710. The Morgan fingerprint density at radius 2 is 1.88 bits per heavy atom. The molecule has 4 heteroatoms. The lowest BCUT2D eigenvalue weighted by Crippen LogP contribution is -2.33. The SMILES string of the molecule is CCN(C(=O)CCNCCc1ccc(OC)cc1)c1cccc(C)c1. The van der Waals surface area contributed by atoms with Gasteiger partial charge in [-0.15, -0.1) is 0 Å². The van der Waals surface area contributed by atoms with E-state index in [-0.39, 0.29) is 5.91 Å². The molecule has 0 saturated heterocycles. The van der Waals surface area contributed by atoms with Crippen LogP contribution in [0.1, 0.15) is 24.5 Å². The summed E-state index contributed by atoms with van der Waals surface area (Å²) in [5.74, 6) is 1.03. The third-order valence-corrected chi connectivity index (χ3v) is 4.20. The molecule has 0 bridgehead atoms. The maximum atomic E-state index is 12.5. The van der Waals surface area contributed by atoms with Crippen molar-refractivity contribution in [3.63, 3.8) is 0 Å². The number of nitrogens with one attached hydrogen (secondary N) is 1. The van der Waals surface area contributed by atoms with Crippen LogP contribution in [0.3, 0.4) is 0 Å². The molecule has 0 fully saturated rings. The van der Waals surface area contributed by atoms with Crippen molar-refractivity contribution in [3.8, 4) is 5.75 Å². The molecule has 0 heterocycles. The van der Waals surface area contributed by atoms with Gasteiger partial charge < -0.3 is 15.0 Å². The Bertz CT molecular complexity index is 668. The number of carbonyl (C=O) groups is 1. The van der Waals surface area contributed by atoms with Crippen LogP contribution in [0.15, 0.2) is 48.5 Å². The molecule has 2 aromatic rings. The third-order valence-electron chi connectivity index (χ3n) is 4.20. The zero-order valence-corrected chi connectivity index (χ0v) is 15.4. The molecule has 1 amide bonds. The minimum Gasteiger partial charge on any atom is -0.497 e. The van der Waals surface area contributed by atoms with Crippen molar-refractivity contribution < 1.29 is 9.53 Å². The van der Waals surface area contributed by atoms with Gasteiger partial charge in [0.05, 0.1) is 7.11 Å². The van der Waals surface area contributed by atoms with E-state index in [1.165, 1.54) is 11.1 Å². The molecule has 25 heavy (non-hydrogen) atoms. The van der Waals surface area contributed by atoms with Gasteiger partial charge in [-0.25, -0.2) is 0 Å². The molecule has 0 spiro atoms. The zero-order valence-electron chi connectivity index (χ0n) is 15.4. The highest BCUT2D eigenvalue weighted by molar-refractivity contribution is 5.93. The van der Waals surface area contributed by atoms with Crippen molar-refractivity contribution >= 4 is 11.6 Å². The van der Waals surface area contributed by atoms with Gasteiger partial charge in [0.1, 0.15) is 5.75 Å². The molecule has 0 radical (unpaired) electrons. The Hall–Kier alpha value is -2.33. The summed E-state index contributed by atoms with van der Waals surface area (Å²) in [4.78, 5) is 14.3. The number of amides is 1. The van der Waals surface area contributed by atoms with Gasteiger partial charge in [-0.1, -0.05) is 24.3 Å². The molecule has 0 unspecified atom stereocenters. The monoisotopic (exact) mass is 340 g/mol. The second-order valence-electron chi connectivity index (χ2n) is 6.08. The van der Waals surface area contributed by atoms with Crippen molar-refractivity contribution in [3.05, 3.63) is 59.7 Å². The highest BCUT2D eigenvalue weighted by Crippen LogP contribution is 2.16. The number of benzene rings is 2. The Balaban J connectivity index is 1.73. The zero-order chi connectivity index (χ0) is 18.1. The predicted octanol–water partition coefficient (Wildman–Crippen LogP) is 3.58. The highest BCUT2D eigenvalue weighted by atomic mass is 16.5. The Morgan fingerprint density at radius 3 is 2.52 bits per heavy atom. The van der Waals surface area contributed by atoms with Crippen LogP contribution in [0, 0.1) is 6.92 Å². The van der Waals surface area contributed by atoms with Crippen molar-refractivity contribution in [1.29, 1.82) is 0 Å². The highest BCUT2D eigenvalue weighted by Gasteiger charge is 2.13. The summed E-state index contributed by atoms with van der Waals surface area (Å²) in [6.07, 6.45) is 1.44. The van der Waals surface area contributed by atoms with E-state index in [4.69, 9.17) is 4.74 Å². The van der Waals surface area contributed by atoms with Gasteiger partial charge >= 0.3 is 0 Å². The lowest BCUT2D eigenvalue weighted by atomic mass is 10.1. The van der Waals surface area contributed by atoms with E-state index in [1.54, 1.807) is 7.11 Å². The number of anilines is 1. The number of methoxy groups -OCH3 is 1. The summed E-state index contributed by atoms with van der Waals surface area (Å²) < 4.78 is 5.16. The average molecular weight is 340 g/mol. The second-order valence-corrected chi connectivity index (χ2v) is 6.08. The van der Waals surface area contributed by atoms with E-state index >= 15 is 0 Å². The number of rotatable bonds is 9. The molecule has 0 atom stereocenters. The lowest BCUT2D eigenvalue weighted by molar-refractivity contribution is -0.118. The fraction of sp³-hybridized carbons (Fsp3) is 0.381. The molecule has 1 N–H and O–H groups in total. The van der Waals surface area contributed by atoms with Crippen LogP contribution in [0.2, 0.25) is 0 Å². The van der Waals surface area contributed by atoms with Crippen LogP contribution >= 0.6 is 0 Å². The van der Waals surface area contributed by atoms with Crippen LogP contribution in [-0.4, -0.2) is 32.7 Å². The van der Waals surface area contributed by atoms with Crippen molar-refractivity contribution in [2.75, 3.05) is 31.6 Å². The first-order chi connectivity index (χ1) is 12.1. The standard InChI is InChI=1S/C21H28N2O2/c1-4-23(19-7-5-6-17(2)16-19)21(24)13-15-22-14-12-18-8-10-20(25-3)11-9-18/h5-11,16,22H,4,12-15H2,1-3H3. The number of ether oxygens (including phenoxy) is 1. The van der Waals surface area contributed by atoms with Crippen LogP contribution < -0.4 is 15.0 Å². The maximum absolute atomic E-state index is 12.5. The van der Waals surface area contributed by atoms with Crippen LogP contribution in [0.5, 0.6) is 5.75 Å². The van der Waals surface area contributed by atoms with Gasteiger partial charge in [0.2, 0.25) is 5.91 Å². The van der Waals surface area contributed by atoms with Gasteiger partial charge in [0.15, 0.2) is 0 Å². The average Bonchev–Trinajstić information content (AvgIpc) is 2.62. The molecule has 134 valence electrons. The molecule has 2 aromatic carbocycles. The molecule has 4 nitrogen and oxygen atoms in total. The van der Waals surface area contributed by atoms with Gasteiger partial charge in [-0.05, 0) is 62.2 Å². The molecular weight excluding hydrogens is 312 g/mol.